The monoisotopic (exact) mass is 254 g/mol. The van der Waals surface area contributed by atoms with Gasteiger partial charge in [0.15, 0.2) is 5.82 Å². The van der Waals surface area contributed by atoms with Crippen molar-refractivity contribution in [1.82, 2.24) is 9.97 Å². The minimum absolute atomic E-state index is 0.314. The zero-order valence-corrected chi connectivity index (χ0v) is 11.2. The number of aromatic nitrogens is 2. The Labute approximate surface area is 108 Å². The molecular weight excluding hydrogens is 232 g/mol. The number of anilines is 2. The van der Waals surface area contributed by atoms with Crippen molar-refractivity contribution >= 4 is 11.6 Å². The molecule has 0 saturated carbocycles. The summed E-state index contributed by atoms with van der Waals surface area (Å²) in [6.45, 7) is 4.90. The Hall–Kier alpha value is -1.40. The average molecular weight is 254 g/mol. The molecule has 1 aromatic heterocycles. The van der Waals surface area contributed by atoms with Gasteiger partial charge in [-0.05, 0) is 12.3 Å². The molecule has 1 unspecified atom stereocenters. The number of nitrogens with one attached hydrogen (secondary N) is 1. The fourth-order valence-electron chi connectivity index (χ4n) is 1.65. The van der Waals surface area contributed by atoms with Crippen molar-refractivity contribution in [2.24, 2.45) is 5.92 Å². The predicted molar refractivity (Wildman–Crippen MR) is 71.1 cm³/mol. The molecule has 0 aliphatic rings. The fourth-order valence-corrected chi connectivity index (χ4v) is 1.65. The summed E-state index contributed by atoms with van der Waals surface area (Å²) in [6, 6.07) is 1.64. The number of nitrogens with zero attached hydrogens (tertiary/aromatic N) is 2. The van der Waals surface area contributed by atoms with Crippen molar-refractivity contribution in [2.45, 2.75) is 33.0 Å². The lowest BCUT2D eigenvalue weighted by molar-refractivity contribution is 0.161. The summed E-state index contributed by atoms with van der Waals surface area (Å²) >= 11 is 0. The first kappa shape index (κ1) is 14.7. The molecule has 1 aromatic rings. The molecule has 0 amide bonds. The molecule has 6 heteroatoms. The second-order valence-corrected chi connectivity index (χ2v) is 4.69. The summed E-state index contributed by atoms with van der Waals surface area (Å²) in [5.41, 5.74) is 5.67. The highest BCUT2D eigenvalue weighted by Gasteiger charge is 2.08. The number of rotatable bonds is 7. The lowest BCUT2D eigenvalue weighted by atomic mass is 10.1. The van der Waals surface area contributed by atoms with Gasteiger partial charge >= 0.3 is 0 Å². The van der Waals surface area contributed by atoms with Crippen molar-refractivity contribution in [3.05, 3.63) is 11.9 Å². The van der Waals surface area contributed by atoms with Gasteiger partial charge < -0.3 is 20.9 Å². The van der Waals surface area contributed by atoms with E-state index in [2.05, 4.69) is 29.1 Å². The molecule has 102 valence electrons. The topological polar surface area (TPSA) is 93.3 Å². The van der Waals surface area contributed by atoms with Gasteiger partial charge in [0.05, 0.1) is 6.10 Å². The Morgan fingerprint density at radius 2 is 2.17 bits per heavy atom. The standard InChI is InChI=1S/C12H22N4O2/c1-8(2)4-9(17)6-14-11-5-10(13)15-12(16-11)7-18-3/h5,8-9,17H,4,6-7H2,1-3H3,(H3,13,14,15,16). The van der Waals surface area contributed by atoms with E-state index in [-0.39, 0.29) is 0 Å². The minimum Gasteiger partial charge on any atom is -0.391 e. The van der Waals surface area contributed by atoms with Crippen LogP contribution < -0.4 is 11.1 Å². The largest absolute Gasteiger partial charge is 0.391 e. The normalized spacial score (nSPS) is 12.7. The summed E-state index contributed by atoms with van der Waals surface area (Å²) in [6.07, 6.45) is 0.352. The van der Waals surface area contributed by atoms with Gasteiger partial charge in [0.2, 0.25) is 0 Å². The van der Waals surface area contributed by atoms with E-state index in [4.69, 9.17) is 10.5 Å². The molecule has 0 fully saturated rings. The van der Waals surface area contributed by atoms with E-state index in [1.807, 2.05) is 0 Å². The fraction of sp³-hybridized carbons (Fsp3) is 0.667. The molecule has 0 saturated heterocycles. The number of hydrogen-bond acceptors (Lipinski definition) is 6. The van der Waals surface area contributed by atoms with Gasteiger partial charge in [-0.1, -0.05) is 13.8 Å². The smallest absolute Gasteiger partial charge is 0.158 e. The molecule has 0 radical (unpaired) electrons. The summed E-state index contributed by atoms with van der Waals surface area (Å²) in [5, 5.41) is 12.8. The zero-order chi connectivity index (χ0) is 13.5. The van der Waals surface area contributed by atoms with Crippen LogP contribution in [0.15, 0.2) is 6.07 Å². The molecular formula is C12H22N4O2. The van der Waals surface area contributed by atoms with Gasteiger partial charge in [-0.15, -0.1) is 0 Å². The highest BCUT2D eigenvalue weighted by atomic mass is 16.5. The molecule has 0 aliphatic heterocycles. The zero-order valence-electron chi connectivity index (χ0n) is 11.2. The summed E-state index contributed by atoms with van der Waals surface area (Å²) in [5.74, 6) is 1.98. The average Bonchev–Trinajstić information content (AvgIpc) is 2.25. The molecule has 1 heterocycles. The van der Waals surface area contributed by atoms with Gasteiger partial charge in [0.1, 0.15) is 18.2 Å². The van der Waals surface area contributed by atoms with Crippen molar-refractivity contribution in [1.29, 1.82) is 0 Å². The molecule has 1 atom stereocenters. The maximum Gasteiger partial charge on any atom is 0.158 e. The van der Waals surface area contributed by atoms with Gasteiger partial charge in [0.25, 0.3) is 0 Å². The van der Waals surface area contributed by atoms with E-state index in [9.17, 15) is 5.11 Å². The number of ether oxygens (including phenoxy) is 1. The third-order valence-corrected chi connectivity index (χ3v) is 2.33. The van der Waals surface area contributed by atoms with Crippen LogP contribution in [0.3, 0.4) is 0 Å². The molecule has 6 nitrogen and oxygen atoms in total. The van der Waals surface area contributed by atoms with Crippen LogP contribution in [-0.2, 0) is 11.3 Å². The quantitative estimate of drug-likeness (QED) is 0.673. The minimum atomic E-state index is -0.396. The van der Waals surface area contributed by atoms with Crippen LogP contribution >= 0.6 is 0 Å². The Morgan fingerprint density at radius 3 is 2.78 bits per heavy atom. The van der Waals surface area contributed by atoms with E-state index in [1.165, 1.54) is 0 Å². The van der Waals surface area contributed by atoms with Crippen molar-refractivity contribution < 1.29 is 9.84 Å². The van der Waals surface area contributed by atoms with Crippen LogP contribution in [-0.4, -0.2) is 34.8 Å². The molecule has 18 heavy (non-hydrogen) atoms. The maximum absolute atomic E-state index is 9.76. The third-order valence-electron chi connectivity index (χ3n) is 2.33. The first-order valence-electron chi connectivity index (χ1n) is 6.05. The number of aliphatic hydroxyl groups excluding tert-OH is 1. The van der Waals surface area contributed by atoms with E-state index in [0.717, 1.165) is 6.42 Å². The van der Waals surface area contributed by atoms with E-state index in [0.29, 0.717) is 36.5 Å². The van der Waals surface area contributed by atoms with Gasteiger partial charge in [-0.2, -0.15) is 0 Å². The SMILES string of the molecule is COCc1nc(N)cc(NCC(O)CC(C)C)n1. The third kappa shape index (κ3) is 5.29. The predicted octanol–water partition coefficient (Wildman–Crippen LogP) is 1.02. The van der Waals surface area contributed by atoms with Crippen molar-refractivity contribution in [3.63, 3.8) is 0 Å². The Kier molecular flexibility index (Phi) is 5.80. The van der Waals surface area contributed by atoms with E-state index in [1.54, 1.807) is 13.2 Å². The highest BCUT2D eigenvalue weighted by Crippen LogP contribution is 2.10. The Balaban J connectivity index is 2.56. The van der Waals surface area contributed by atoms with E-state index >= 15 is 0 Å². The number of nitrogens with two attached hydrogens (primary N) is 1. The number of aliphatic hydroxyl groups is 1. The first-order valence-corrected chi connectivity index (χ1v) is 6.05. The van der Waals surface area contributed by atoms with Crippen molar-refractivity contribution in [2.75, 3.05) is 24.7 Å². The molecule has 0 bridgehead atoms. The lowest BCUT2D eigenvalue weighted by Crippen LogP contribution is -2.22. The maximum atomic E-state index is 9.76. The van der Waals surface area contributed by atoms with Crippen LogP contribution in [0.5, 0.6) is 0 Å². The molecule has 1 rings (SSSR count). The van der Waals surface area contributed by atoms with Crippen LogP contribution in [0.4, 0.5) is 11.6 Å². The van der Waals surface area contributed by atoms with Crippen LogP contribution in [0, 0.1) is 5.92 Å². The van der Waals surface area contributed by atoms with Gasteiger partial charge in [-0.3, -0.25) is 0 Å². The lowest BCUT2D eigenvalue weighted by Gasteiger charge is -2.14. The van der Waals surface area contributed by atoms with E-state index < -0.39 is 6.10 Å². The summed E-state index contributed by atoms with van der Waals surface area (Å²) in [7, 11) is 1.58. The Bertz CT molecular complexity index is 371. The van der Waals surface area contributed by atoms with Crippen LogP contribution in [0.2, 0.25) is 0 Å². The number of hydrogen-bond donors (Lipinski definition) is 3. The molecule has 0 spiro atoms. The van der Waals surface area contributed by atoms with Gasteiger partial charge in [0, 0.05) is 19.7 Å². The summed E-state index contributed by atoms with van der Waals surface area (Å²) < 4.78 is 4.96. The number of nitrogen functional groups attached to an aromatic ring is 1. The van der Waals surface area contributed by atoms with Crippen LogP contribution in [0.1, 0.15) is 26.1 Å². The second kappa shape index (κ2) is 7.13. The molecule has 0 aromatic carbocycles. The van der Waals surface area contributed by atoms with Gasteiger partial charge in [-0.25, -0.2) is 9.97 Å². The molecule has 0 aliphatic carbocycles. The molecule has 4 N–H and O–H groups in total. The van der Waals surface area contributed by atoms with Crippen molar-refractivity contribution in [3.8, 4) is 0 Å². The summed E-state index contributed by atoms with van der Waals surface area (Å²) in [4.78, 5) is 8.27. The Morgan fingerprint density at radius 1 is 1.44 bits per heavy atom. The number of methoxy groups -OCH3 is 1. The second-order valence-electron chi connectivity index (χ2n) is 4.69. The highest BCUT2D eigenvalue weighted by molar-refractivity contribution is 5.44. The first-order chi connectivity index (χ1) is 8.51. The van der Waals surface area contributed by atoms with Crippen LogP contribution in [0.25, 0.3) is 0 Å².